The first-order valence-electron chi connectivity index (χ1n) is 7.51. The normalized spacial score (nSPS) is 34.1. The van der Waals surface area contributed by atoms with Gasteiger partial charge in [0, 0.05) is 12.6 Å². The van der Waals surface area contributed by atoms with Crippen LogP contribution < -0.4 is 0 Å². The Labute approximate surface area is 111 Å². The molecule has 0 saturated heterocycles. The Morgan fingerprint density at radius 2 is 1.89 bits per heavy atom. The minimum Gasteiger partial charge on any atom is -0.481 e. The lowest BCUT2D eigenvalue weighted by atomic mass is 9.78. The van der Waals surface area contributed by atoms with Crippen molar-refractivity contribution >= 4 is 5.97 Å². The Kier molecular flexibility index (Phi) is 4.66. The van der Waals surface area contributed by atoms with Gasteiger partial charge in [-0.3, -0.25) is 4.79 Å². The van der Waals surface area contributed by atoms with E-state index in [9.17, 15) is 9.90 Å². The maximum absolute atomic E-state index is 11.4. The molecular formula is C15H27NO2. The highest BCUT2D eigenvalue weighted by atomic mass is 16.4. The van der Waals surface area contributed by atoms with Crippen LogP contribution in [0, 0.1) is 17.8 Å². The molecule has 2 saturated carbocycles. The Balaban J connectivity index is 1.95. The average molecular weight is 253 g/mol. The Morgan fingerprint density at radius 1 is 1.22 bits per heavy atom. The van der Waals surface area contributed by atoms with Crippen LogP contribution in [0.3, 0.4) is 0 Å². The molecule has 3 heteroatoms. The molecule has 0 aromatic rings. The molecule has 18 heavy (non-hydrogen) atoms. The molecule has 0 amide bonds. The van der Waals surface area contributed by atoms with E-state index in [0.717, 1.165) is 31.7 Å². The van der Waals surface area contributed by atoms with Gasteiger partial charge in [-0.1, -0.05) is 19.8 Å². The molecule has 0 aromatic heterocycles. The van der Waals surface area contributed by atoms with Crippen LogP contribution in [0.1, 0.15) is 51.9 Å². The number of hydrogen-bond acceptors (Lipinski definition) is 2. The number of rotatable bonds is 4. The van der Waals surface area contributed by atoms with Gasteiger partial charge in [-0.25, -0.2) is 0 Å². The molecule has 104 valence electrons. The second kappa shape index (κ2) is 6.05. The summed E-state index contributed by atoms with van der Waals surface area (Å²) in [6, 6.07) is 0.256. The third kappa shape index (κ3) is 3.25. The van der Waals surface area contributed by atoms with Crippen molar-refractivity contribution in [2.45, 2.75) is 57.9 Å². The third-order valence-corrected chi connectivity index (χ3v) is 4.98. The first kappa shape index (κ1) is 13.9. The van der Waals surface area contributed by atoms with E-state index in [2.05, 4.69) is 18.9 Å². The van der Waals surface area contributed by atoms with Crippen LogP contribution in [0.25, 0.3) is 0 Å². The van der Waals surface area contributed by atoms with Crippen LogP contribution in [-0.2, 0) is 4.79 Å². The van der Waals surface area contributed by atoms with Gasteiger partial charge in [-0.05, 0) is 51.0 Å². The summed E-state index contributed by atoms with van der Waals surface area (Å²) in [4.78, 5) is 13.7. The van der Waals surface area contributed by atoms with Crippen molar-refractivity contribution in [2.24, 2.45) is 17.8 Å². The summed E-state index contributed by atoms with van der Waals surface area (Å²) in [7, 11) is 2.14. The van der Waals surface area contributed by atoms with Crippen molar-refractivity contribution in [1.82, 2.24) is 4.90 Å². The SMILES string of the molecule is CC1CCC(C(=O)O)C(N(C)CC2CCCC2)C1. The van der Waals surface area contributed by atoms with Crippen LogP contribution in [0.4, 0.5) is 0 Å². The average Bonchev–Trinajstić information content (AvgIpc) is 2.81. The molecule has 0 aromatic carbocycles. The zero-order valence-corrected chi connectivity index (χ0v) is 11.8. The molecule has 0 spiro atoms. The summed E-state index contributed by atoms with van der Waals surface area (Å²) in [5, 5.41) is 9.38. The van der Waals surface area contributed by atoms with Gasteiger partial charge in [0.25, 0.3) is 0 Å². The van der Waals surface area contributed by atoms with E-state index >= 15 is 0 Å². The molecule has 2 aliphatic rings. The molecule has 0 radical (unpaired) electrons. The lowest BCUT2D eigenvalue weighted by molar-refractivity contribution is -0.146. The molecule has 2 aliphatic carbocycles. The third-order valence-electron chi connectivity index (χ3n) is 4.98. The molecule has 0 heterocycles. The number of hydrogen-bond donors (Lipinski definition) is 1. The maximum atomic E-state index is 11.4. The predicted molar refractivity (Wildman–Crippen MR) is 72.5 cm³/mol. The number of nitrogens with zero attached hydrogens (tertiary/aromatic N) is 1. The van der Waals surface area contributed by atoms with Gasteiger partial charge in [0.2, 0.25) is 0 Å². The van der Waals surface area contributed by atoms with Gasteiger partial charge in [0.05, 0.1) is 5.92 Å². The maximum Gasteiger partial charge on any atom is 0.308 e. The van der Waals surface area contributed by atoms with E-state index in [0.29, 0.717) is 5.92 Å². The zero-order chi connectivity index (χ0) is 13.1. The second-order valence-corrected chi connectivity index (χ2v) is 6.52. The van der Waals surface area contributed by atoms with Crippen molar-refractivity contribution < 1.29 is 9.90 Å². The smallest absolute Gasteiger partial charge is 0.308 e. The standard InChI is InChI=1S/C15H27NO2/c1-11-7-8-13(15(17)18)14(9-11)16(2)10-12-5-3-4-6-12/h11-14H,3-10H2,1-2H3,(H,17,18). The highest BCUT2D eigenvalue weighted by molar-refractivity contribution is 5.71. The van der Waals surface area contributed by atoms with Crippen molar-refractivity contribution in [3.63, 3.8) is 0 Å². The molecule has 3 unspecified atom stereocenters. The van der Waals surface area contributed by atoms with Crippen LogP contribution >= 0.6 is 0 Å². The number of carboxylic acid groups (broad SMARTS) is 1. The first-order chi connectivity index (χ1) is 8.58. The van der Waals surface area contributed by atoms with E-state index in [-0.39, 0.29) is 12.0 Å². The zero-order valence-electron chi connectivity index (χ0n) is 11.8. The van der Waals surface area contributed by atoms with E-state index in [1.165, 1.54) is 25.7 Å². The van der Waals surface area contributed by atoms with Gasteiger partial charge >= 0.3 is 5.97 Å². The minimum absolute atomic E-state index is 0.146. The summed E-state index contributed by atoms with van der Waals surface area (Å²) in [6.07, 6.45) is 8.39. The molecule has 1 N–H and O–H groups in total. The van der Waals surface area contributed by atoms with E-state index in [1.807, 2.05) is 0 Å². The monoisotopic (exact) mass is 253 g/mol. The highest BCUT2D eigenvalue weighted by Crippen LogP contribution is 2.33. The fraction of sp³-hybridized carbons (Fsp3) is 0.933. The number of carboxylic acids is 1. The quantitative estimate of drug-likeness (QED) is 0.837. The van der Waals surface area contributed by atoms with Crippen LogP contribution in [0.15, 0.2) is 0 Å². The van der Waals surface area contributed by atoms with Crippen molar-refractivity contribution in [3.05, 3.63) is 0 Å². The molecule has 0 aliphatic heterocycles. The predicted octanol–water partition coefficient (Wildman–Crippen LogP) is 3.00. The van der Waals surface area contributed by atoms with Gasteiger partial charge in [0.15, 0.2) is 0 Å². The summed E-state index contributed by atoms with van der Waals surface area (Å²) in [5.41, 5.74) is 0. The van der Waals surface area contributed by atoms with E-state index < -0.39 is 5.97 Å². The summed E-state index contributed by atoms with van der Waals surface area (Å²) >= 11 is 0. The largest absolute Gasteiger partial charge is 0.481 e. The molecule has 0 bridgehead atoms. The molecular weight excluding hydrogens is 226 g/mol. The first-order valence-corrected chi connectivity index (χ1v) is 7.51. The minimum atomic E-state index is -0.592. The lowest BCUT2D eigenvalue weighted by Crippen LogP contribution is -2.46. The summed E-state index contributed by atoms with van der Waals surface area (Å²) in [6.45, 7) is 3.36. The van der Waals surface area contributed by atoms with Gasteiger partial charge in [-0.2, -0.15) is 0 Å². The van der Waals surface area contributed by atoms with Crippen LogP contribution in [0.2, 0.25) is 0 Å². The number of aliphatic carboxylic acids is 1. The second-order valence-electron chi connectivity index (χ2n) is 6.52. The van der Waals surface area contributed by atoms with Crippen molar-refractivity contribution in [3.8, 4) is 0 Å². The molecule has 2 rings (SSSR count). The topological polar surface area (TPSA) is 40.5 Å². The Morgan fingerprint density at radius 3 is 2.50 bits per heavy atom. The van der Waals surface area contributed by atoms with Gasteiger partial charge in [0.1, 0.15) is 0 Å². The fourth-order valence-electron chi connectivity index (χ4n) is 3.86. The molecule has 2 fully saturated rings. The molecule has 3 atom stereocenters. The fourth-order valence-corrected chi connectivity index (χ4v) is 3.86. The highest BCUT2D eigenvalue weighted by Gasteiger charge is 2.36. The summed E-state index contributed by atoms with van der Waals surface area (Å²) in [5.74, 6) is 0.746. The van der Waals surface area contributed by atoms with Crippen molar-refractivity contribution in [1.29, 1.82) is 0 Å². The van der Waals surface area contributed by atoms with E-state index in [4.69, 9.17) is 0 Å². The van der Waals surface area contributed by atoms with Crippen LogP contribution in [-0.4, -0.2) is 35.6 Å². The van der Waals surface area contributed by atoms with Crippen LogP contribution in [0.5, 0.6) is 0 Å². The van der Waals surface area contributed by atoms with Gasteiger partial charge < -0.3 is 10.0 Å². The molecule has 3 nitrogen and oxygen atoms in total. The van der Waals surface area contributed by atoms with Crippen molar-refractivity contribution in [2.75, 3.05) is 13.6 Å². The lowest BCUT2D eigenvalue weighted by Gasteiger charge is -2.39. The van der Waals surface area contributed by atoms with Gasteiger partial charge in [-0.15, -0.1) is 0 Å². The van der Waals surface area contributed by atoms with E-state index in [1.54, 1.807) is 0 Å². The summed E-state index contributed by atoms with van der Waals surface area (Å²) < 4.78 is 0. The Hall–Kier alpha value is -0.570. The Bertz CT molecular complexity index is 286. The number of carbonyl (C=O) groups is 1.